The first kappa shape index (κ1) is 20.2. The number of fused-ring (bicyclic) bond motifs is 1. The molecule has 28 heavy (non-hydrogen) atoms. The number of carbonyl (C=O) groups excluding carboxylic acids is 1. The standard InChI is InChI=1S/C24H31NO3/c1-13-10-14(2)21(15(3)11-13)25-20(26)12-24(7)9-8-19-18(6)22(27)16(4)17(5)23(19)28-24/h10-11,27H,8-9,12H2,1-7H3,(H,25,26). The molecule has 1 amide bonds. The van der Waals surface area contributed by atoms with Crippen LogP contribution in [0.4, 0.5) is 5.69 Å². The quantitative estimate of drug-likeness (QED) is 0.753. The third-order valence-electron chi connectivity index (χ3n) is 6.07. The van der Waals surface area contributed by atoms with Crippen molar-refractivity contribution in [1.82, 2.24) is 0 Å². The van der Waals surface area contributed by atoms with E-state index in [4.69, 9.17) is 4.74 Å². The minimum Gasteiger partial charge on any atom is -0.507 e. The van der Waals surface area contributed by atoms with E-state index < -0.39 is 5.60 Å². The van der Waals surface area contributed by atoms with E-state index in [1.54, 1.807) is 0 Å². The summed E-state index contributed by atoms with van der Waals surface area (Å²) in [5.74, 6) is 1.15. The van der Waals surface area contributed by atoms with Gasteiger partial charge in [-0.05, 0) is 89.1 Å². The van der Waals surface area contributed by atoms with Crippen LogP contribution in [0.3, 0.4) is 0 Å². The largest absolute Gasteiger partial charge is 0.507 e. The Hall–Kier alpha value is -2.49. The molecule has 2 N–H and O–H groups in total. The molecule has 4 heteroatoms. The lowest BCUT2D eigenvalue weighted by molar-refractivity contribution is -0.120. The Kier molecular flexibility index (Phi) is 5.18. The number of carbonyl (C=O) groups is 1. The Morgan fingerprint density at radius 3 is 2.29 bits per heavy atom. The second-order valence-corrected chi connectivity index (χ2v) is 8.58. The first-order chi connectivity index (χ1) is 13.0. The van der Waals surface area contributed by atoms with Crippen molar-refractivity contribution in [3.05, 3.63) is 51.1 Å². The second-order valence-electron chi connectivity index (χ2n) is 8.58. The third kappa shape index (κ3) is 3.60. The molecule has 1 atom stereocenters. The van der Waals surface area contributed by atoms with E-state index in [2.05, 4.69) is 24.4 Å². The summed E-state index contributed by atoms with van der Waals surface area (Å²) in [6.45, 7) is 13.9. The van der Waals surface area contributed by atoms with Gasteiger partial charge in [-0.25, -0.2) is 0 Å². The van der Waals surface area contributed by atoms with Crippen LogP contribution in [-0.2, 0) is 11.2 Å². The molecule has 0 aromatic heterocycles. The van der Waals surface area contributed by atoms with Crippen molar-refractivity contribution < 1.29 is 14.6 Å². The number of hydrogen-bond acceptors (Lipinski definition) is 3. The molecule has 0 fully saturated rings. The molecule has 4 nitrogen and oxygen atoms in total. The van der Waals surface area contributed by atoms with Gasteiger partial charge in [0.05, 0.1) is 6.42 Å². The lowest BCUT2D eigenvalue weighted by Crippen LogP contribution is -2.40. The first-order valence-electron chi connectivity index (χ1n) is 9.90. The minimum atomic E-state index is -0.565. The maximum absolute atomic E-state index is 12.8. The van der Waals surface area contributed by atoms with E-state index >= 15 is 0 Å². The Morgan fingerprint density at radius 1 is 1.07 bits per heavy atom. The summed E-state index contributed by atoms with van der Waals surface area (Å²) in [5, 5.41) is 13.4. The molecular weight excluding hydrogens is 350 g/mol. The summed E-state index contributed by atoms with van der Waals surface area (Å²) in [4.78, 5) is 12.8. The van der Waals surface area contributed by atoms with Gasteiger partial charge in [-0.2, -0.15) is 0 Å². The number of anilines is 1. The van der Waals surface area contributed by atoms with Crippen molar-refractivity contribution in [3.8, 4) is 11.5 Å². The van der Waals surface area contributed by atoms with Crippen LogP contribution < -0.4 is 10.1 Å². The van der Waals surface area contributed by atoms with Gasteiger partial charge in [-0.15, -0.1) is 0 Å². The molecule has 0 aliphatic carbocycles. The zero-order valence-corrected chi connectivity index (χ0v) is 18.0. The Morgan fingerprint density at radius 2 is 1.68 bits per heavy atom. The summed E-state index contributed by atoms with van der Waals surface area (Å²) >= 11 is 0. The molecular formula is C24H31NO3. The van der Waals surface area contributed by atoms with Gasteiger partial charge in [-0.3, -0.25) is 4.79 Å². The lowest BCUT2D eigenvalue weighted by atomic mass is 9.85. The Bertz CT molecular complexity index is 938. The van der Waals surface area contributed by atoms with Gasteiger partial charge in [0, 0.05) is 11.3 Å². The molecule has 2 aromatic rings. The average molecular weight is 382 g/mol. The van der Waals surface area contributed by atoms with Gasteiger partial charge in [0.2, 0.25) is 5.91 Å². The fraction of sp³-hybridized carbons (Fsp3) is 0.458. The second kappa shape index (κ2) is 7.16. The first-order valence-corrected chi connectivity index (χ1v) is 9.90. The summed E-state index contributed by atoms with van der Waals surface area (Å²) in [5.41, 5.74) is 7.40. The number of nitrogens with one attached hydrogen (secondary N) is 1. The Balaban J connectivity index is 1.82. The summed E-state index contributed by atoms with van der Waals surface area (Å²) in [7, 11) is 0. The Labute approximate surface area is 167 Å². The van der Waals surface area contributed by atoms with Gasteiger partial charge >= 0.3 is 0 Å². The van der Waals surface area contributed by atoms with Crippen molar-refractivity contribution >= 4 is 11.6 Å². The topological polar surface area (TPSA) is 58.6 Å². The van der Waals surface area contributed by atoms with Crippen LogP contribution in [0.1, 0.15) is 58.7 Å². The molecule has 3 rings (SSSR count). The molecule has 0 bridgehead atoms. The van der Waals surface area contributed by atoms with Crippen molar-refractivity contribution in [1.29, 1.82) is 0 Å². The van der Waals surface area contributed by atoms with Crippen LogP contribution in [0.5, 0.6) is 11.5 Å². The SMILES string of the molecule is Cc1cc(C)c(NC(=O)CC2(C)CCc3c(C)c(O)c(C)c(C)c3O2)c(C)c1. The van der Waals surface area contributed by atoms with Crippen LogP contribution in [-0.4, -0.2) is 16.6 Å². The van der Waals surface area contributed by atoms with Gasteiger partial charge < -0.3 is 15.2 Å². The molecule has 150 valence electrons. The highest BCUT2D eigenvalue weighted by atomic mass is 16.5. The third-order valence-corrected chi connectivity index (χ3v) is 6.07. The normalized spacial score (nSPS) is 18.4. The molecule has 1 heterocycles. The molecule has 1 aliphatic rings. The van der Waals surface area contributed by atoms with Gasteiger partial charge in [0.15, 0.2) is 0 Å². The molecule has 1 unspecified atom stereocenters. The number of ether oxygens (including phenoxy) is 1. The number of aryl methyl sites for hydroxylation is 3. The van der Waals surface area contributed by atoms with Crippen LogP contribution in [0.2, 0.25) is 0 Å². The van der Waals surface area contributed by atoms with Crippen molar-refractivity contribution in [2.24, 2.45) is 0 Å². The lowest BCUT2D eigenvalue weighted by Gasteiger charge is -2.37. The summed E-state index contributed by atoms with van der Waals surface area (Å²) in [6.07, 6.45) is 1.82. The number of benzene rings is 2. The summed E-state index contributed by atoms with van der Waals surface area (Å²) in [6, 6.07) is 4.16. The van der Waals surface area contributed by atoms with E-state index in [-0.39, 0.29) is 12.3 Å². The van der Waals surface area contributed by atoms with Crippen molar-refractivity contribution in [2.45, 2.75) is 73.3 Å². The summed E-state index contributed by atoms with van der Waals surface area (Å²) < 4.78 is 6.38. The number of rotatable bonds is 3. The number of phenolic OH excluding ortho intramolecular Hbond substituents is 1. The van der Waals surface area contributed by atoms with E-state index in [1.165, 1.54) is 5.56 Å². The predicted octanol–water partition coefficient (Wildman–Crippen LogP) is 5.36. The van der Waals surface area contributed by atoms with Crippen LogP contribution in [0, 0.1) is 41.5 Å². The van der Waals surface area contributed by atoms with Gasteiger partial charge in [0.25, 0.3) is 0 Å². The van der Waals surface area contributed by atoms with E-state index in [0.29, 0.717) is 5.75 Å². The van der Waals surface area contributed by atoms with E-state index in [1.807, 2.05) is 41.5 Å². The van der Waals surface area contributed by atoms with Crippen LogP contribution in [0.25, 0.3) is 0 Å². The van der Waals surface area contributed by atoms with Crippen molar-refractivity contribution in [3.63, 3.8) is 0 Å². The number of hydrogen-bond donors (Lipinski definition) is 2. The van der Waals surface area contributed by atoms with E-state index in [0.717, 1.165) is 57.7 Å². The molecule has 2 aromatic carbocycles. The highest BCUT2D eigenvalue weighted by molar-refractivity contribution is 5.93. The zero-order chi connectivity index (χ0) is 20.8. The zero-order valence-electron chi connectivity index (χ0n) is 18.0. The van der Waals surface area contributed by atoms with Gasteiger partial charge in [-0.1, -0.05) is 17.7 Å². The number of phenols is 1. The van der Waals surface area contributed by atoms with Crippen LogP contribution in [0.15, 0.2) is 12.1 Å². The highest BCUT2D eigenvalue weighted by Crippen LogP contribution is 2.44. The molecule has 1 aliphatic heterocycles. The molecule has 0 saturated carbocycles. The molecule has 0 spiro atoms. The van der Waals surface area contributed by atoms with Gasteiger partial charge in [0.1, 0.15) is 17.1 Å². The average Bonchev–Trinajstić information content (AvgIpc) is 2.60. The number of aromatic hydroxyl groups is 1. The minimum absolute atomic E-state index is 0.0362. The van der Waals surface area contributed by atoms with E-state index in [9.17, 15) is 9.90 Å². The maximum Gasteiger partial charge on any atom is 0.228 e. The fourth-order valence-corrected chi connectivity index (χ4v) is 4.32. The highest BCUT2D eigenvalue weighted by Gasteiger charge is 2.36. The maximum atomic E-state index is 12.8. The molecule has 0 saturated heterocycles. The van der Waals surface area contributed by atoms with Crippen molar-refractivity contribution in [2.75, 3.05) is 5.32 Å². The smallest absolute Gasteiger partial charge is 0.228 e. The number of amides is 1. The molecule has 0 radical (unpaired) electrons. The monoisotopic (exact) mass is 381 g/mol. The van der Waals surface area contributed by atoms with Crippen LogP contribution >= 0.6 is 0 Å². The fourth-order valence-electron chi connectivity index (χ4n) is 4.32. The predicted molar refractivity (Wildman–Crippen MR) is 114 cm³/mol.